The molecule has 2 fully saturated rings. The topological polar surface area (TPSA) is 69.6 Å². The van der Waals surface area contributed by atoms with Crippen LogP contribution in [0.25, 0.3) is 0 Å². The Labute approximate surface area is 130 Å². The number of hydrogen-bond donors (Lipinski definition) is 2. The summed E-state index contributed by atoms with van der Waals surface area (Å²) in [6.45, 7) is 0.855. The van der Waals surface area contributed by atoms with Gasteiger partial charge >= 0.3 is 5.97 Å². The van der Waals surface area contributed by atoms with Crippen LogP contribution in [0, 0.1) is 0 Å². The van der Waals surface area contributed by atoms with E-state index in [1.165, 1.54) is 0 Å². The van der Waals surface area contributed by atoms with Gasteiger partial charge in [0.1, 0.15) is 6.04 Å². The number of nitrogens with one attached hydrogen (secondary N) is 1. The van der Waals surface area contributed by atoms with Gasteiger partial charge in [-0.2, -0.15) is 0 Å². The SMILES string of the molecule is O=C(CN1CCC[C@H]1C(=O)O)NC1(c2ccccc2)CCC1. The van der Waals surface area contributed by atoms with Crippen molar-refractivity contribution in [3.05, 3.63) is 35.9 Å². The molecule has 1 aliphatic heterocycles. The van der Waals surface area contributed by atoms with Gasteiger partial charge in [0.05, 0.1) is 12.1 Å². The highest BCUT2D eigenvalue weighted by molar-refractivity contribution is 5.81. The molecule has 3 rings (SSSR count). The summed E-state index contributed by atoms with van der Waals surface area (Å²) in [6.07, 6.45) is 4.48. The van der Waals surface area contributed by atoms with Crippen LogP contribution in [-0.4, -0.2) is 41.0 Å². The third-order valence-corrected chi connectivity index (χ3v) is 4.91. The molecule has 1 aromatic rings. The zero-order chi connectivity index (χ0) is 15.6. The van der Waals surface area contributed by atoms with Crippen LogP contribution in [0.3, 0.4) is 0 Å². The molecule has 0 aromatic heterocycles. The summed E-state index contributed by atoms with van der Waals surface area (Å²) in [6, 6.07) is 9.54. The van der Waals surface area contributed by atoms with Crippen molar-refractivity contribution in [3.8, 4) is 0 Å². The molecule has 1 aliphatic carbocycles. The van der Waals surface area contributed by atoms with Crippen LogP contribution in [0.4, 0.5) is 0 Å². The molecule has 0 spiro atoms. The van der Waals surface area contributed by atoms with Crippen molar-refractivity contribution in [1.82, 2.24) is 10.2 Å². The number of rotatable bonds is 5. The molecule has 1 amide bonds. The van der Waals surface area contributed by atoms with Crippen molar-refractivity contribution in [3.63, 3.8) is 0 Å². The lowest BCUT2D eigenvalue weighted by Gasteiger charge is -2.43. The van der Waals surface area contributed by atoms with Gasteiger partial charge in [0.25, 0.3) is 0 Å². The van der Waals surface area contributed by atoms with Gasteiger partial charge in [-0.1, -0.05) is 30.3 Å². The van der Waals surface area contributed by atoms with Gasteiger partial charge in [0, 0.05) is 0 Å². The van der Waals surface area contributed by atoms with Crippen LogP contribution < -0.4 is 5.32 Å². The average molecular weight is 302 g/mol. The summed E-state index contributed by atoms with van der Waals surface area (Å²) in [5, 5.41) is 12.4. The van der Waals surface area contributed by atoms with Crippen LogP contribution in [0.5, 0.6) is 0 Å². The minimum atomic E-state index is -0.827. The fourth-order valence-corrected chi connectivity index (χ4v) is 3.56. The standard InChI is InChI=1S/C17H22N2O3/c20-15(12-19-11-4-8-14(19)16(21)22)18-17(9-5-10-17)13-6-2-1-3-7-13/h1-3,6-7,14H,4-5,8-12H2,(H,18,20)(H,21,22)/t14-/m0/s1. The monoisotopic (exact) mass is 302 g/mol. The van der Waals surface area contributed by atoms with E-state index in [0.717, 1.165) is 31.2 Å². The molecule has 22 heavy (non-hydrogen) atoms. The number of hydrogen-bond acceptors (Lipinski definition) is 3. The molecule has 5 heteroatoms. The Morgan fingerprint density at radius 3 is 2.55 bits per heavy atom. The van der Waals surface area contributed by atoms with Gasteiger partial charge < -0.3 is 10.4 Å². The van der Waals surface area contributed by atoms with Crippen molar-refractivity contribution in [2.24, 2.45) is 0 Å². The van der Waals surface area contributed by atoms with Crippen LogP contribution in [-0.2, 0) is 15.1 Å². The van der Waals surface area contributed by atoms with Gasteiger partial charge in [0.15, 0.2) is 0 Å². The van der Waals surface area contributed by atoms with Crippen LogP contribution in [0.1, 0.15) is 37.7 Å². The molecule has 2 N–H and O–H groups in total. The third-order valence-electron chi connectivity index (χ3n) is 4.91. The van der Waals surface area contributed by atoms with E-state index in [4.69, 9.17) is 0 Å². The predicted octanol–water partition coefficient (Wildman–Crippen LogP) is 1.73. The summed E-state index contributed by atoms with van der Waals surface area (Å²) in [4.78, 5) is 25.4. The lowest BCUT2D eigenvalue weighted by atomic mass is 9.72. The van der Waals surface area contributed by atoms with Crippen molar-refractivity contribution >= 4 is 11.9 Å². The smallest absolute Gasteiger partial charge is 0.320 e. The fourth-order valence-electron chi connectivity index (χ4n) is 3.56. The number of carbonyl (C=O) groups excluding carboxylic acids is 1. The molecular weight excluding hydrogens is 280 g/mol. The van der Waals surface area contributed by atoms with Gasteiger partial charge in [-0.25, -0.2) is 0 Å². The second-order valence-electron chi connectivity index (χ2n) is 6.32. The Balaban J connectivity index is 1.65. The first-order valence-electron chi connectivity index (χ1n) is 7.94. The highest BCUT2D eigenvalue weighted by atomic mass is 16.4. The quantitative estimate of drug-likeness (QED) is 0.869. The Bertz CT molecular complexity index is 554. The molecule has 1 atom stereocenters. The number of carboxylic acid groups (broad SMARTS) is 1. The summed E-state index contributed by atoms with van der Waals surface area (Å²) in [5.41, 5.74) is 0.891. The Morgan fingerprint density at radius 2 is 1.95 bits per heavy atom. The fraction of sp³-hybridized carbons (Fsp3) is 0.529. The molecule has 1 saturated heterocycles. The molecule has 0 radical (unpaired) electrons. The highest BCUT2D eigenvalue weighted by Gasteiger charge is 2.40. The lowest BCUT2D eigenvalue weighted by Crippen LogP contribution is -2.54. The molecule has 1 heterocycles. The zero-order valence-corrected chi connectivity index (χ0v) is 12.6. The molecule has 0 unspecified atom stereocenters. The molecular formula is C17H22N2O3. The maximum atomic E-state index is 12.4. The maximum absolute atomic E-state index is 12.4. The highest BCUT2D eigenvalue weighted by Crippen LogP contribution is 2.41. The maximum Gasteiger partial charge on any atom is 0.320 e. The normalized spacial score (nSPS) is 23.7. The second-order valence-corrected chi connectivity index (χ2v) is 6.32. The predicted molar refractivity (Wildman–Crippen MR) is 82.3 cm³/mol. The minimum Gasteiger partial charge on any atom is -0.480 e. The van der Waals surface area contributed by atoms with E-state index in [9.17, 15) is 14.7 Å². The van der Waals surface area contributed by atoms with Crippen molar-refractivity contribution in [1.29, 1.82) is 0 Å². The Morgan fingerprint density at radius 1 is 1.23 bits per heavy atom. The van der Waals surface area contributed by atoms with Gasteiger partial charge in [-0.15, -0.1) is 0 Å². The molecule has 1 aromatic carbocycles. The molecule has 2 aliphatic rings. The number of carboxylic acids is 1. The van der Waals surface area contributed by atoms with E-state index in [0.29, 0.717) is 13.0 Å². The number of aliphatic carboxylic acids is 1. The molecule has 1 saturated carbocycles. The van der Waals surface area contributed by atoms with Crippen molar-refractivity contribution in [2.45, 2.75) is 43.7 Å². The number of nitrogens with zero attached hydrogens (tertiary/aromatic N) is 1. The summed E-state index contributed by atoms with van der Waals surface area (Å²) in [7, 11) is 0. The van der Waals surface area contributed by atoms with Gasteiger partial charge in [0.2, 0.25) is 5.91 Å². The molecule has 5 nitrogen and oxygen atoms in total. The first-order chi connectivity index (χ1) is 10.6. The first-order valence-corrected chi connectivity index (χ1v) is 7.94. The number of benzene rings is 1. The number of amides is 1. The zero-order valence-electron chi connectivity index (χ0n) is 12.6. The van der Waals surface area contributed by atoms with E-state index < -0.39 is 12.0 Å². The van der Waals surface area contributed by atoms with E-state index in [-0.39, 0.29) is 18.0 Å². The molecule has 118 valence electrons. The Hall–Kier alpha value is -1.88. The van der Waals surface area contributed by atoms with Crippen LogP contribution in [0.2, 0.25) is 0 Å². The van der Waals surface area contributed by atoms with Crippen molar-refractivity contribution < 1.29 is 14.7 Å². The van der Waals surface area contributed by atoms with Gasteiger partial charge in [-0.05, 0) is 44.2 Å². The van der Waals surface area contributed by atoms with Crippen LogP contribution in [0.15, 0.2) is 30.3 Å². The van der Waals surface area contributed by atoms with E-state index in [1.54, 1.807) is 4.90 Å². The average Bonchev–Trinajstić information content (AvgIpc) is 2.92. The van der Waals surface area contributed by atoms with Gasteiger partial charge in [-0.3, -0.25) is 14.5 Å². The summed E-state index contributed by atoms with van der Waals surface area (Å²) >= 11 is 0. The Kier molecular flexibility index (Phi) is 4.16. The minimum absolute atomic E-state index is 0.0725. The summed E-state index contributed by atoms with van der Waals surface area (Å²) < 4.78 is 0. The summed E-state index contributed by atoms with van der Waals surface area (Å²) in [5.74, 6) is -0.900. The third kappa shape index (κ3) is 2.86. The van der Waals surface area contributed by atoms with Crippen LogP contribution >= 0.6 is 0 Å². The first kappa shape index (κ1) is 15.0. The number of likely N-dealkylation sites (tertiary alicyclic amines) is 1. The van der Waals surface area contributed by atoms with Crippen molar-refractivity contribution in [2.75, 3.05) is 13.1 Å². The largest absolute Gasteiger partial charge is 0.480 e. The van der Waals surface area contributed by atoms with E-state index in [1.807, 2.05) is 18.2 Å². The molecule has 0 bridgehead atoms. The van der Waals surface area contributed by atoms with E-state index >= 15 is 0 Å². The number of carbonyl (C=O) groups is 2. The lowest BCUT2D eigenvalue weighted by molar-refractivity contribution is -0.142. The van der Waals surface area contributed by atoms with E-state index in [2.05, 4.69) is 17.4 Å². The second kappa shape index (κ2) is 6.08.